The van der Waals surface area contributed by atoms with Gasteiger partial charge in [0.1, 0.15) is 5.01 Å². The van der Waals surface area contributed by atoms with Gasteiger partial charge in [-0.2, -0.15) is 0 Å². The Hall–Kier alpha value is -0.980. The molecule has 1 aromatic rings. The third-order valence-electron chi connectivity index (χ3n) is 3.31. The molecule has 0 bridgehead atoms. The first-order chi connectivity index (χ1) is 8.51. The molecule has 1 aliphatic heterocycles. The molecule has 0 unspecified atom stereocenters. The first-order valence-corrected chi connectivity index (χ1v) is 6.91. The molecule has 3 N–H and O–H groups in total. The number of aryl methyl sites for hydroxylation is 2. The van der Waals surface area contributed by atoms with E-state index in [-0.39, 0.29) is 5.91 Å². The summed E-state index contributed by atoms with van der Waals surface area (Å²) < 4.78 is 5.23. The fourth-order valence-corrected chi connectivity index (χ4v) is 2.78. The number of carbonyl (C=O) groups excluding carboxylic acids is 1. The van der Waals surface area contributed by atoms with Crippen LogP contribution in [0.25, 0.3) is 0 Å². The zero-order valence-corrected chi connectivity index (χ0v) is 11.6. The Balaban J connectivity index is 1.91. The van der Waals surface area contributed by atoms with Crippen LogP contribution < -0.4 is 11.1 Å². The highest BCUT2D eigenvalue weighted by atomic mass is 32.1. The Morgan fingerprint density at radius 3 is 2.72 bits per heavy atom. The number of nitrogens with two attached hydrogens (primary N) is 1. The van der Waals surface area contributed by atoms with Gasteiger partial charge in [-0.1, -0.05) is 0 Å². The predicted octanol–water partition coefficient (Wildman–Crippen LogP) is 0.884. The zero-order chi connectivity index (χ0) is 13.2. The first-order valence-electron chi connectivity index (χ1n) is 6.09. The summed E-state index contributed by atoms with van der Waals surface area (Å²) >= 11 is 1.61. The fraction of sp³-hybridized carbons (Fsp3) is 0.667. The summed E-state index contributed by atoms with van der Waals surface area (Å²) in [7, 11) is 0. The molecule has 18 heavy (non-hydrogen) atoms. The van der Waals surface area contributed by atoms with Gasteiger partial charge in [-0.15, -0.1) is 11.3 Å². The molecule has 100 valence electrons. The lowest BCUT2D eigenvalue weighted by atomic mass is 9.90. The Kier molecular flexibility index (Phi) is 3.99. The normalized spacial score (nSPS) is 18.6. The van der Waals surface area contributed by atoms with Crippen molar-refractivity contribution in [3.63, 3.8) is 0 Å². The highest BCUT2D eigenvalue weighted by Crippen LogP contribution is 2.19. The molecule has 1 fully saturated rings. The maximum Gasteiger partial charge on any atom is 0.240 e. The van der Waals surface area contributed by atoms with Gasteiger partial charge in [-0.05, 0) is 26.7 Å². The average molecular weight is 269 g/mol. The van der Waals surface area contributed by atoms with Crippen LogP contribution in [0, 0.1) is 13.8 Å². The number of nitrogens with one attached hydrogen (secondary N) is 1. The zero-order valence-electron chi connectivity index (χ0n) is 10.8. The maximum atomic E-state index is 12.1. The van der Waals surface area contributed by atoms with E-state index in [4.69, 9.17) is 10.5 Å². The number of aromatic nitrogens is 1. The Labute approximate surface area is 111 Å². The van der Waals surface area contributed by atoms with Crippen LogP contribution in [0.15, 0.2) is 0 Å². The number of nitrogens with zero attached hydrogens (tertiary/aromatic N) is 1. The summed E-state index contributed by atoms with van der Waals surface area (Å²) in [5.41, 5.74) is 6.34. The van der Waals surface area contributed by atoms with Crippen molar-refractivity contribution in [2.45, 2.75) is 38.8 Å². The molecule has 1 amide bonds. The summed E-state index contributed by atoms with van der Waals surface area (Å²) in [5.74, 6) is -0.101. The van der Waals surface area contributed by atoms with Gasteiger partial charge in [0.2, 0.25) is 5.91 Å². The van der Waals surface area contributed by atoms with E-state index in [0.29, 0.717) is 32.6 Å². The molecule has 0 aromatic carbocycles. The van der Waals surface area contributed by atoms with E-state index in [1.807, 2.05) is 13.8 Å². The summed E-state index contributed by atoms with van der Waals surface area (Å²) in [4.78, 5) is 17.6. The van der Waals surface area contributed by atoms with E-state index in [0.717, 1.165) is 10.7 Å². The van der Waals surface area contributed by atoms with Crippen LogP contribution in [0.3, 0.4) is 0 Å². The third-order valence-corrected chi connectivity index (χ3v) is 4.38. The van der Waals surface area contributed by atoms with Crippen LogP contribution in [0.5, 0.6) is 0 Å². The van der Waals surface area contributed by atoms with E-state index >= 15 is 0 Å². The molecule has 6 heteroatoms. The molecule has 1 aliphatic rings. The predicted molar refractivity (Wildman–Crippen MR) is 70.4 cm³/mol. The van der Waals surface area contributed by atoms with E-state index < -0.39 is 5.54 Å². The van der Waals surface area contributed by atoms with E-state index in [9.17, 15) is 4.79 Å². The van der Waals surface area contributed by atoms with Gasteiger partial charge in [-0.3, -0.25) is 4.79 Å². The maximum absolute atomic E-state index is 12.1. The van der Waals surface area contributed by atoms with Crippen LogP contribution >= 0.6 is 11.3 Å². The van der Waals surface area contributed by atoms with Gasteiger partial charge in [0.05, 0.1) is 17.8 Å². The SMILES string of the molecule is Cc1nc(CNC(=O)C2(N)CCOCC2)sc1C. The highest BCUT2D eigenvalue weighted by molar-refractivity contribution is 7.11. The molecule has 0 spiro atoms. The van der Waals surface area contributed by atoms with Crippen molar-refractivity contribution >= 4 is 17.2 Å². The van der Waals surface area contributed by atoms with E-state index in [1.165, 1.54) is 4.88 Å². The largest absolute Gasteiger partial charge is 0.381 e. The topological polar surface area (TPSA) is 77.2 Å². The van der Waals surface area contributed by atoms with Crippen LogP contribution in [-0.2, 0) is 16.1 Å². The van der Waals surface area contributed by atoms with Crippen molar-refractivity contribution < 1.29 is 9.53 Å². The van der Waals surface area contributed by atoms with Crippen LogP contribution in [0.1, 0.15) is 28.4 Å². The third kappa shape index (κ3) is 2.88. The molecule has 1 aromatic heterocycles. The van der Waals surface area contributed by atoms with Gasteiger partial charge < -0.3 is 15.8 Å². The van der Waals surface area contributed by atoms with Crippen molar-refractivity contribution in [2.75, 3.05) is 13.2 Å². The smallest absolute Gasteiger partial charge is 0.240 e. The van der Waals surface area contributed by atoms with Crippen molar-refractivity contribution in [3.8, 4) is 0 Å². The second kappa shape index (κ2) is 5.34. The Morgan fingerprint density at radius 1 is 1.50 bits per heavy atom. The van der Waals surface area contributed by atoms with Crippen molar-refractivity contribution in [2.24, 2.45) is 5.73 Å². The molecule has 0 radical (unpaired) electrons. The van der Waals surface area contributed by atoms with E-state index in [1.54, 1.807) is 11.3 Å². The second-order valence-electron chi connectivity index (χ2n) is 4.70. The van der Waals surface area contributed by atoms with Gasteiger partial charge in [-0.25, -0.2) is 4.98 Å². The summed E-state index contributed by atoms with van der Waals surface area (Å²) in [6.45, 7) is 5.57. The number of rotatable bonds is 3. The summed E-state index contributed by atoms with van der Waals surface area (Å²) in [5, 5.41) is 3.80. The number of carbonyl (C=O) groups is 1. The van der Waals surface area contributed by atoms with Crippen LogP contribution in [0.4, 0.5) is 0 Å². The van der Waals surface area contributed by atoms with Crippen molar-refractivity contribution in [1.29, 1.82) is 0 Å². The van der Waals surface area contributed by atoms with Crippen LogP contribution in [0.2, 0.25) is 0 Å². The number of ether oxygens (including phenoxy) is 1. The quantitative estimate of drug-likeness (QED) is 0.854. The van der Waals surface area contributed by atoms with Gasteiger partial charge in [0, 0.05) is 18.1 Å². The Morgan fingerprint density at radius 2 is 2.17 bits per heavy atom. The first kappa shape index (κ1) is 13.5. The lowest BCUT2D eigenvalue weighted by molar-refractivity contribution is -0.129. The monoisotopic (exact) mass is 269 g/mol. The standard InChI is InChI=1S/C12H19N3O2S/c1-8-9(2)18-10(15-8)7-14-11(16)12(13)3-5-17-6-4-12/h3-7,13H2,1-2H3,(H,14,16). The number of amides is 1. The van der Waals surface area contributed by atoms with Crippen molar-refractivity contribution in [3.05, 3.63) is 15.6 Å². The molecule has 0 atom stereocenters. The molecular weight excluding hydrogens is 250 g/mol. The fourth-order valence-electron chi connectivity index (χ4n) is 1.91. The molecular formula is C12H19N3O2S. The minimum atomic E-state index is -0.778. The van der Waals surface area contributed by atoms with Crippen molar-refractivity contribution in [1.82, 2.24) is 10.3 Å². The number of thiazole rings is 1. The molecule has 2 rings (SSSR count). The summed E-state index contributed by atoms with van der Waals surface area (Å²) in [6, 6.07) is 0. The lowest BCUT2D eigenvalue weighted by Gasteiger charge is -2.31. The molecule has 1 saturated heterocycles. The van der Waals surface area contributed by atoms with E-state index in [2.05, 4.69) is 10.3 Å². The molecule has 5 nitrogen and oxygen atoms in total. The highest BCUT2D eigenvalue weighted by Gasteiger charge is 2.35. The number of hydrogen-bond acceptors (Lipinski definition) is 5. The van der Waals surface area contributed by atoms with Gasteiger partial charge in [0.15, 0.2) is 0 Å². The number of hydrogen-bond donors (Lipinski definition) is 2. The minimum Gasteiger partial charge on any atom is -0.381 e. The molecule has 2 heterocycles. The summed E-state index contributed by atoms with van der Waals surface area (Å²) in [6.07, 6.45) is 1.16. The molecule has 0 saturated carbocycles. The van der Waals surface area contributed by atoms with Gasteiger partial charge >= 0.3 is 0 Å². The van der Waals surface area contributed by atoms with Gasteiger partial charge in [0.25, 0.3) is 0 Å². The molecule has 0 aliphatic carbocycles. The Bertz CT molecular complexity index is 419. The second-order valence-corrected chi connectivity index (χ2v) is 5.99. The minimum absolute atomic E-state index is 0.101. The van der Waals surface area contributed by atoms with Crippen LogP contribution in [-0.4, -0.2) is 29.6 Å². The average Bonchev–Trinajstić information content (AvgIpc) is 2.67. The lowest BCUT2D eigenvalue weighted by Crippen LogP contribution is -2.56.